The molecule has 0 atom stereocenters. The highest BCUT2D eigenvalue weighted by molar-refractivity contribution is 6.31. The molecule has 0 fully saturated rings. The highest BCUT2D eigenvalue weighted by Gasteiger charge is 2.12. The third-order valence-corrected chi connectivity index (χ3v) is 3.72. The second kappa shape index (κ2) is 7.43. The molecule has 0 aliphatic heterocycles. The Morgan fingerprint density at radius 1 is 1.10 bits per heavy atom. The first-order valence-electron chi connectivity index (χ1n) is 7.09. The largest absolute Gasteiger partial charge is 0.399 e. The van der Waals surface area contributed by atoms with E-state index in [1.807, 2.05) is 24.3 Å². The molecule has 0 bridgehead atoms. The van der Waals surface area contributed by atoms with Gasteiger partial charge >= 0.3 is 0 Å². The van der Waals surface area contributed by atoms with Crippen LogP contribution in [0, 0.1) is 5.82 Å². The highest BCUT2D eigenvalue weighted by atomic mass is 35.5. The van der Waals surface area contributed by atoms with E-state index in [4.69, 9.17) is 17.3 Å². The van der Waals surface area contributed by atoms with Crippen molar-refractivity contribution >= 4 is 17.3 Å². The molecule has 21 heavy (non-hydrogen) atoms. The minimum absolute atomic E-state index is 0.249. The van der Waals surface area contributed by atoms with Crippen molar-refractivity contribution in [2.24, 2.45) is 0 Å². The zero-order chi connectivity index (χ0) is 15.2. The van der Waals surface area contributed by atoms with Crippen LogP contribution in [0.5, 0.6) is 0 Å². The van der Waals surface area contributed by atoms with E-state index in [1.165, 1.54) is 6.07 Å². The van der Waals surface area contributed by atoms with Crippen LogP contribution in [0.3, 0.4) is 0 Å². The summed E-state index contributed by atoms with van der Waals surface area (Å²) < 4.78 is 13.9. The summed E-state index contributed by atoms with van der Waals surface area (Å²) in [5.41, 5.74) is 8.16. The van der Waals surface area contributed by atoms with Crippen LogP contribution in [0.2, 0.25) is 5.02 Å². The van der Waals surface area contributed by atoms with Gasteiger partial charge in [0, 0.05) is 29.4 Å². The van der Waals surface area contributed by atoms with Crippen molar-refractivity contribution in [1.82, 2.24) is 4.90 Å². The highest BCUT2D eigenvalue weighted by Crippen LogP contribution is 2.22. The van der Waals surface area contributed by atoms with Crippen molar-refractivity contribution in [1.29, 1.82) is 0 Å². The van der Waals surface area contributed by atoms with E-state index in [9.17, 15) is 4.39 Å². The number of nitrogens with two attached hydrogens (primary N) is 1. The molecule has 0 radical (unpaired) electrons. The van der Waals surface area contributed by atoms with Crippen molar-refractivity contribution < 1.29 is 4.39 Å². The molecule has 2 aromatic carbocycles. The summed E-state index contributed by atoms with van der Waals surface area (Å²) in [5, 5.41) is 0.480. The van der Waals surface area contributed by atoms with E-state index >= 15 is 0 Å². The van der Waals surface area contributed by atoms with Crippen LogP contribution in [-0.4, -0.2) is 11.4 Å². The number of halogens is 2. The van der Waals surface area contributed by atoms with Gasteiger partial charge in [0.05, 0.1) is 0 Å². The Balaban J connectivity index is 2.13. The van der Waals surface area contributed by atoms with E-state index in [0.717, 1.165) is 30.8 Å². The monoisotopic (exact) mass is 306 g/mol. The fourth-order valence-electron chi connectivity index (χ4n) is 2.32. The fourth-order valence-corrected chi connectivity index (χ4v) is 2.54. The summed E-state index contributed by atoms with van der Waals surface area (Å²) in [7, 11) is 0. The zero-order valence-corrected chi connectivity index (χ0v) is 12.9. The lowest BCUT2D eigenvalue weighted by Crippen LogP contribution is -2.24. The van der Waals surface area contributed by atoms with Gasteiger partial charge in [0.15, 0.2) is 0 Å². The number of anilines is 1. The molecule has 0 spiro atoms. The first-order valence-corrected chi connectivity index (χ1v) is 7.47. The van der Waals surface area contributed by atoms with Crippen LogP contribution in [0.1, 0.15) is 24.5 Å². The van der Waals surface area contributed by atoms with Crippen molar-refractivity contribution in [2.75, 3.05) is 12.3 Å². The van der Waals surface area contributed by atoms with Crippen LogP contribution in [-0.2, 0) is 13.1 Å². The number of hydrogen-bond acceptors (Lipinski definition) is 2. The lowest BCUT2D eigenvalue weighted by molar-refractivity contribution is 0.254. The Bertz CT molecular complexity index is 564. The zero-order valence-electron chi connectivity index (χ0n) is 12.2. The van der Waals surface area contributed by atoms with Crippen LogP contribution in [0.25, 0.3) is 0 Å². The summed E-state index contributed by atoms with van der Waals surface area (Å²) in [6.07, 6.45) is 1.00. The Hall–Kier alpha value is -1.58. The molecule has 2 nitrogen and oxygen atoms in total. The lowest BCUT2D eigenvalue weighted by Gasteiger charge is -2.22. The van der Waals surface area contributed by atoms with E-state index in [2.05, 4.69) is 11.8 Å². The maximum absolute atomic E-state index is 13.9. The first kappa shape index (κ1) is 15.8. The molecule has 0 aliphatic rings. The third-order valence-electron chi connectivity index (χ3n) is 3.37. The molecule has 0 saturated heterocycles. The first-order chi connectivity index (χ1) is 10.1. The second-order valence-corrected chi connectivity index (χ2v) is 5.56. The standard InChI is InChI=1S/C17H20ClFN2/c1-2-10-21(11-13-6-8-14(20)9-7-13)12-15-16(18)4-3-5-17(15)19/h3-9H,2,10-12,20H2,1H3. The van der Waals surface area contributed by atoms with Gasteiger partial charge < -0.3 is 5.73 Å². The molecular weight excluding hydrogens is 287 g/mol. The van der Waals surface area contributed by atoms with Crippen molar-refractivity contribution in [2.45, 2.75) is 26.4 Å². The predicted molar refractivity (Wildman–Crippen MR) is 86.7 cm³/mol. The van der Waals surface area contributed by atoms with E-state index < -0.39 is 0 Å². The third kappa shape index (κ3) is 4.45. The molecule has 2 N–H and O–H groups in total. The summed E-state index contributed by atoms with van der Waals surface area (Å²) in [4.78, 5) is 2.19. The van der Waals surface area contributed by atoms with Crippen molar-refractivity contribution in [3.05, 3.63) is 64.4 Å². The average Bonchev–Trinajstić information content (AvgIpc) is 2.45. The van der Waals surface area contributed by atoms with Gasteiger partial charge in [-0.25, -0.2) is 4.39 Å². The molecule has 0 aliphatic carbocycles. The summed E-state index contributed by atoms with van der Waals surface area (Å²) >= 11 is 6.11. The number of nitrogen functional groups attached to an aromatic ring is 1. The van der Waals surface area contributed by atoms with Crippen LogP contribution >= 0.6 is 11.6 Å². The van der Waals surface area contributed by atoms with Crippen LogP contribution in [0.4, 0.5) is 10.1 Å². The quantitative estimate of drug-likeness (QED) is 0.798. The van der Waals surface area contributed by atoms with Gasteiger partial charge in [-0.1, -0.05) is 36.7 Å². The molecular formula is C17H20ClFN2. The number of hydrogen-bond donors (Lipinski definition) is 1. The predicted octanol–water partition coefficient (Wildman–Crippen LogP) is 4.47. The van der Waals surface area contributed by atoms with Gasteiger partial charge in [0.25, 0.3) is 0 Å². The van der Waals surface area contributed by atoms with E-state index in [0.29, 0.717) is 17.1 Å². The van der Waals surface area contributed by atoms with Gasteiger partial charge in [0.1, 0.15) is 5.82 Å². The maximum Gasteiger partial charge on any atom is 0.129 e. The smallest absolute Gasteiger partial charge is 0.129 e. The molecule has 0 unspecified atom stereocenters. The Kier molecular flexibility index (Phi) is 5.59. The number of nitrogens with zero attached hydrogens (tertiary/aromatic N) is 1. The molecule has 2 rings (SSSR count). The van der Waals surface area contributed by atoms with Gasteiger partial charge in [-0.3, -0.25) is 4.90 Å². The summed E-state index contributed by atoms with van der Waals surface area (Å²) in [5.74, 6) is -0.249. The van der Waals surface area contributed by atoms with Crippen molar-refractivity contribution in [3.8, 4) is 0 Å². The minimum Gasteiger partial charge on any atom is -0.399 e. The minimum atomic E-state index is -0.249. The van der Waals surface area contributed by atoms with Crippen molar-refractivity contribution in [3.63, 3.8) is 0 Å². The fraction of sp³-hybridized carbons (Fsp3) is 0.294. The SMILES string of the molecule is CCCN(Cc1ccc(N)cc1)Cc1c(F)cccc1Cl. The van der Waals surface area contributed by atoms with E-state index in [1.54, 1.807) is 12.1 Å². The second-order valence-electron chi connectivity index (χ2n) is 5.15. The van der Waals surface area contributed by atoms with Gasteiger partial charge in [-0.05, 0) is 42.8 Å². The molecule has 0 amide bonds. The van der Waals surface area contributed by atoms with Gasteiger partial charge in [0.2, 0.25) is 0 Å². The van der Waals surface area contributed by atoms with Crippen LogP contribution in [0.15, 0.2) is 42.5 Å². The molecule has 2 aromatic rings. The Labute approximate surface area is 130 Å². The van der Waals surface area contributed by atoms with E-state index in [-0.39, 0.29) is 5.82 Å². The molecule has 0 saturated carbocycles. The topological polar surface area (TPSA) is 29.3 Å². The molecule has 112 valence electrons. The number of rotatable bonds is 6. The normalized spacial score (nSPS) is 11.0. The lowest BCUT2D eigenvalue weighted by atomic mass is 10.1. The van der Waals surface area contributed by atoms with Crippen LogP contribution < -0.4 is 5.73 Å². The summed E-state index contributed by atoms with van der Waals surface area (Å²) in [6.45, 7) is 4.25. The molecule has 4 heteroatoms. The van der Waals surface area contributed by atoms with Gasteiger partial charge in [-0.2, -0.15) is 0 Å². The molecule has 0 heterocycles. The molecule has 0 aromatic heterocycles. The Morgan fingerprint density at radius 3 is 2.43 bits per heavy atom. The number of benzene rings is 2. The Morgan fingerprint density at radius 2 is 1.81 bits per heavy atom. The summed E-state index contributed by atoms with van der Waals surface area (Å²) in [6, 6.07) is 12.6. The maximum atomic E-state index is 13.9. The average molecular weight is 307 g/mol. The van der Waals surface area contributed by atoms with Gasteiger partial charge in [-0.15, -0.1) is 0 Å².